The molecule has 0 fully saturated rings. The van der Waals surface area contributed by atoms with Crippen molar-refractivity contribution in [2.75, 3.05) is 6.54 Å². The number of carbonyl (C=O) groups is 1. The first-order chi connectivity index (χ1) is 5.25. The number of rotatable bonds is 2. The maximum Gasteiger partial charge on any atom is 0.255 e. The van der Waals surface area contributed by atoms with Gasteiger partial charge in [0, 0.05) is 6.54 Å². The highest BCUT2D eigenvalue weighted by Crippen LogP contribution is 2.16. The lowest BCUT2D eigenvalue weighted by Gasteiger charge is -1.97. The summed E-state index contributed by atoms with van der Waals surface area (Å²) in [6.45, 7) is 2.49. The van der Waals surface area contributed by atoms with Crippen LogP contribution in [0, 0.1) is 0 Å². The van der Waals surface area contributed by atoms with Crippen molar-refractivity contribution in [3.8, 4) is 0 Å². The number of hydrogen-bond donors (Lipinski definition) is 1. The summed E-state index contributed by atoms with van der Waals surface area (Å²) in [7, 11) is 0. The van der Waals surface area contributed by atoms with Crippen LogP contribution in [0.4, 0.5) is 0 Å². The van der Waals surface area contributed by atoms with E-state index in [2.05, 4.69) is 21.2 Å². The summed E-state index contributed by atoms with van der Waals surface area (Å²) >= 11 is 3.11. The zero-order chi connectivity index (χ0) is 8.27. The number of carbonyl (C=O) groups excluding carboxylic acids is 1. The van der Waals surface area contributed by atoms with Crippen molar-refractivity contribution < 1.29 is 9.21 Å². The Hall–Kier alpha value is -0.770. The van der Waals surface area contributed by atoms with Crippen LogP contribution in [0.1, 0.15) is 17.3 Å². The smallest absolute Gasteiger partial charge is 0.255 e. The van der Waals surface area contributed by atoms with E-state index in [4.69, 9.17) is 4.42 Å². The standard InChI is InChI=1S/C7H8BrNO2/c1-2-9-7(10)5-3-4-11-6(5)8/h3-4H,2H2,1H3,(H,9,10). The Kier molecular flexibility index (Phi) is 2.70. The van der Waals surface area contributed by atoms with Crippen LogP contribution in [0.5, 0.6) is 0 Å². The minimum Gasteiger partial charge on any atom is -0.457 e. The SMILES string of the molecule is CCNC(=O)c1ccoc1Br. The lowest BCUT2D eigenvalue weighted by Crippen LogP contribution is -2.22. The van der Waals surface area contributed by atoms with E-state index in [9.17, 15) is 4.79 Å². The highest BCUT2D eigenvalue weighted by Gasteiger charge is 2.10. The Morgan fingerprint density at radius 2 is 2.55 bits per heavy atom. The number of amides is 1. The summed E-state index contributed by atoms with van der Waals surface area (Å²) in [6, 6.07) is 1.62. The monoisotopic (exact) mass is 217 g/mol. The molecule has 1 aromatic rings. The predicted octanol–water partition coefficient (Wildman–Crippen LogP) is 1.79. The van der Waals surface area contributed by atoms with E-state index in [1.165, 1.54) is 6.26 Å². The van der Waals surface area contributed by atoms with Crippen LogP contribution in [-0.4, -0.2) is 12.5 Å². The largest absolute Gasteiger partial charge is 0.457 e. The molecule has 0 saturated heterocycles. The van der Waals surface area contributed by atoms with Gasteiger partial charge < -0.3 is 9.73 Å². The normalized spacial score (nSPS) is 9.64. The molecule has 0 bridgehead atoms. The minimum atomic E-state index is -0.117. The second kappa shape index (κ2) is 3.57. The quantitative estimate of drug-likeness (QED) is 0.822. The highest BCUT2D eigenvalue weighted by atomic mass is 79.9. The summed E-state index contributed by atoms with van der Waals surface area (Å²) in [4.78, 5) is 11.1. The molecule has 0 saturated carbocycles. The Bertz CT molecular complexity index is 257. The summed E-state index contributed by atoms with van der Waals surface area (Å²) in [6.07, 6.45) is 1.47. The second-order valence-electron chi connectivity index (χ2n) is 1.97. The molecule has 0 aliphatic rings. The molecule has 1 heterocycles. The van der Waals surface area contributed by atoms with E-state index in [0.717, 1.165) is 0 Å². The number of nitrogens with one attached hydrogen (secondary N) is 1. The van der Waals surface area contributed by atoms with Crippen molar-refractivity contribution in [1.82, 2.24) is 5.32 Å². The molecule has 0 aromatic carbocycles. The first kappa shape index (κ1) is 8.33. The molecule has 4 heteroatoms. The molecule has 0 atom stereocenters. The third kappa shape index (κ3) is 1.83. The van der Waals surface area contributed by atoms with E-state index in [0.29, 0.717) is 16.8 Å². The lowest BCUT2D eigenvalue weighted by atomic mass is 10.3. The molecule has 1 N–H and O–H groups in total. The van der Waals surface area contributed by atoms with E-state index < -0.39 is 0 Å². The van der Waals surface area contributed by atoms with Gasteiger partial charge in [0.2, 0.25) is 0 Å². The van der Waals surface area contributed by atoms with Gasteiger partial charge in [-0.2, -0.15) is 0 Å². The molecule has 3 nitrogen and oxygen atoms in total. The molecular weight excluding hydrogens is 210 g/mol. The van der Waals surface area contributed by atoms with Crippen LogP contribution in [0.3, 0.4) is 0 Å². The van der Waals surface area contributed by atoms with Crippen molar-refractivity contribution >= 4 is 21.8 Å². The third-order valence-electron chi connectivity index (χ3n) is 1.20. The van der Waals surface area contributed by atoms with Crippen LogP contribution in [-0.2, 0) is 0 Å². The maximum atomic E-state index is 11.1. The van der Waals surface area contributed by atoms with Crippen molar-refractivity contribution in [3.63, 3.8) is 0 Å². The zero-order valence-electron chi connectivity index (χ0n) is 6.06. The zero-order valence-corrected chi connectivity index (χ0v) is 7.64. The fourth-order valence-corrected chi connectivity index (χ4v) is 1.13. The van der Waals surface area contributed by atoms with Crippen molar-refractivity contribution in [1.29, 1.82) is 0 Å². The Morgan fingerprint density at radius 1 is 1.82 bits per heavy atom. The van der Waals surface area contributed by atoms with Gasteiger partial charge in [-0.25, -0.2) is 0 Å². The molecule has 1 rings (SSSR count). The minimum absolute atomic E-state index is 0.117. The topological polar surface area (TPSA) is 42.2 Å². The van der Waals surface area contributed by atoms with E-state index in [-0.39, 0.29) is 5.91 Å². The van der Waals surface area contributed by atoms with Gasteiger partial charge >= 0.3 is 0 Å². The van der Waals surface area contributed by atoms with Crippen molar-refractivity contribution in [3.05, 3.63) is 22.6 Å². The second-order valence-corrected chi connectivity index (χ2v) is 2.69. The van der Waals surface area contributed by atoms with Gasteiger partial charge in [0.15, 0.2) is 4.67 Å². The first-order valence-electron chi connectivity index (χ1n) is 3.27. The van der Waals surface area contributed by atoms with E-state index in [1.54, 1.807) is 6.07 Å². The fraction of sp³-hybridized carbons (Fsp3) is 0.286. The van der Waals surface area contributed by atoms with Crippen LogP contribution in [0.25, 0.3) is 0 Å². The van der Waals surface area contributed by atoms with Gasteiger partial charge in [0.25, 0.3) is 5.91 Å². The van der Waals surface area contributed by atoms with Crippen LogP contribution < -0.4 is 5.32 Å². The predicted molar refractivity (Wildman–Crippen MR) is 44.4 cm³/mol. The Balaban J connectivity index is 2.76. The first-order valence-corrected chi connectivity index (χ1v) is 4.06. The van der Waals surface area contributed by atoms with E-state index >= 15 is 0 Å². The summed E-state index contributed by atoms with van der Waals surface area (Å²) in [5.74, 6) is -0.117. The van der Waals surface area contributed by atoms with Gasteiger partial charge in [-0.3, -0.25) is 4.79 Å². The molecule has 1 amide bonds. The summed E-state index contributed by atoms with van der Waals surface area (Å²) in [5.41, 5.74) is 0.534. The van der Waals surface area contributed by atoms with Gasteiger partial charge in [-0.1, -0.05) is 0 Å². The molecule has 0 aliphatic carbocycles. The summed E-state index contributed by atoms with van der Waals surface area (Å²) in [5, 5.41) is 2.66. The lowest BCUT2D eigenvalue weighted by molar-refractivity contribution is 0.0954. The van der Waals surface area contributed by atoms with Crippen LogP contribution in [0.2, 0.25) is 0 Å². The van der Waals surface area contributed by atoms with E-state index in [1.807, 2.05) is 6.92 Å². The fourth-order valence-electron chi connectivity index (χ4n) is 0.712. The van der Waals surface area contributed by atoms with Gasteiger partial charge in [0.05, 0.1) is 11.8 Å². The van der Waals surface area contributed by atoms with Crippen molar-refractivity contribution in [2.45, 2.75) is 6.92 Å². The summed E-state index contributed by atoms with van der Waals surface area (Å²) < 4.78 is 5.36. The molecule has 0 unspecified atom stereocenters. The average Bonchev–Trinajstić information content (AvgIpc) is 2.36. The number of furan rings is 1. The number of halogens is 1. The molecule has 60 valence electrons. The number of hydrogen-bond acceptors (Lipinski definition) is 2. The Morgan fingerprint density at radius 3 is 3.00 bits per heavy atom. The molecule has 0 aliphatic heterocycles. The molecule has 1 aromatic heterocycles. The average molecular weight is 218 g/mol. The molecule has 11 heavy (non-hydrogen) atoms. The van der Waals surface area contributed by atoms with Crippen molar-refractivity contribution in [2.24, 2.45) is 0 Å². The van der Waals surface area contributed by atoms with Gasteiger partial charge in [-0.05, 0) is 28.9 Å². The molecule has 0 radical (unpaired) electrons. The maximum absolute atomic E-state index is 11.1. The highest BCUT2D eigenvalue weighted by molar-refractivity contribution is 9.10. The Labute approximate surface area is 72.9 Å². The molecule has 0 spiro atoms. The van der Waals surface area contributed by atoms with Crippen LogP contribution in [0.15, 0.2) is 21.4 Å². The van der Waals surface area contributed by atoms with Gasteiger partial charge in [-0.15, -0.1) is 0 Å². The molecular formula is C7H8BrNO2. The van der Waals surface area contributed by atoms with Gasteiger partial charge in [0.1, 0.15) is 0 Å². The third-order valence-corrected chi connectivity index (χ3v) is 1.81. The van der Waals surface area contributed by atoms with Crippen LogP contribution >= 0.6 is 15.9 Å².